The summed E-state index contributed by atoms with van der Waals surface area (Å²) >= 11 is 0. The lowest BCUT2D eigenvalue weighted by atomic mass is 9.77. The van der Waals surface area contributed by atoms with Gasteiger partial charge in [0, 0.05) is 5.57 Å². The van der Waals surface area contributed by atoms with Crippen molar-refractivity contribution in [3.63, 3.8) is 0 Å². The molecule has 0 saturated heterocycles. The lowest BCUT2D eigenvalue weighted by Crippen LogP contribution is -2.44. The molecule has 1 saturated carbocycles. The van der Waals surface area contributed by atoms with Gasteiger partial charge in [-0.2, -0.15) is 13.2 Å². The Bertz CT molecular complexity index is 459. The number of ether oxygens (including phenoxy) is 2. The molecule has 0 amide bonds. The summed E-state index contributed by atoms with van der Waals surface area (Å²) in [6.07, 6.45) is -1.54. The van der Waals surface area contributed by atoms with Gasteiger partial charge in [-0.1, -0.05) is 6.58 Å². The average Bonchev–Trinajstić information content (AvgIpc) is 2.44. The highest BCUT2D eigenvalue weighted by Gasteiger charge is 2.48. The Balaban J connectivity index is 2.53. The first kappa shape index (κ1) is 21.0. The lowest BCUT2D eigenvalue weighted by molar-refractivity contribution is -0.240. The molecule has 0 aromatic carbocycles. The zero-order valence-corrected chi connectivity index (χ0v) is 15.3. The van der Waals surface area contributed by atoms with Gasteiger partial charge in [-0.15, -0.1) is 0 Å². The van der Waals surface area contributed by atoms with Gasteiger partial charge in [-0.3, -0.25) is 0 Å². The normalized spacial score (nSPS) is 23.0. The van der Waals surface area contributed by atoms with E-state index >= 15 is 0 Å². The van der Waals surface area contributed by atoms with Gasteiger partial charge in [0.05, 0.1) is 17.6 Å². The van der Waals surface area contributed by atoms with Gasteiger partial charge in [0.1, 0.15) is 6.10 Å². The first-order chi connectivity index (χ1) is 10.8. The average molecular weight is 350 g/mol. The van der Waals surface area contributed by atoms with Crippen LogP contribution in [0.3, 0.4) is 0 Å². The van der Waals surface area contributed by atoms with Crippen LogP contribution < -0.4 is 0 Å². The Kier molecular flexibility index (Phi) is 6.53. The summed E-state index contributed by atoms with van der Waals surface area (Å²) in [6.45, 7) is 10.8. The van der Waals surface area contributed by atoms with E-state index in [0.717, 1.165) is 26.7 Å². The number of esters is 1. The summed E-state index contributed by atoms with van der Waals surface area (Å²) in [5, 5.41) is 0. The number of carbonyl (C=O) groups is 1. The van der Waals surface area contributed by atoms with E-state index in [1.54, 1.807) is 6.92 Å². The quantitative estimate of drug-likeness (QED) is 0.497. The van der Waals surface area contributed by atoms with Crippen molar-refractivity contribution in [3.05, 3.63) is 12.2 Å². The molecule has 0 aromatic heterocycles. The smallest absolute Gasteiger partial charge is 0.396 e. The highest BCUT2D eigenvalue weighted by Crippen LogP contribution is 2.41. The maximum atomic E-state index is 13.0. The van der Waals surface area contributed by atoms with Crippen molar-refractivity contribution in [1.29, 1.82) is 0 Å². The molecule has 1 aliphatic carbocycles. The molecule has 0 atom stereocenters. The Morgan fingerprint density at radius 1 is 1.08 bits per heavy atom. The fourth-order valence-corrected chi connectivity index (χ4v) is 2.69. The van der Waals surface area contributed by atoms with Crippen molar-refractivity contribution in [2.45, 2.75) is 78.2 Å². The summed E-state index contributed by atoms with van der Waals surface area (Å²) in [4.78, 5) is 11.5. The SMILES string of the molecule is C=C(C)C(=O)OC1CCC(C(C)(C)OCC(C)(C)C(F)(F)F)CC1. The molecule has 3 nitrogen and oxygen atoms in total. The number of hydrogen-bond acceptors (Lipinski definition) is 3. The molecular weight excluding hydrogens is 321 g/mol. The number of halogens is 3. The van der Waals surface area contributed by atoms with Crippen LogP contribution in [0.25, 0.3) is 0 Å². The van der Waals surface area contributed by atoms with Gasteiger partial charge in [0.2, 0.25) is 0 Å². The molecule has 140 valence electrons. The maximum Gasteiger partial charge on any atom is 0.396 e. The van der Waals surface area contributed by atoms with E-state index in [1.807, 2.05) is 13.8 Å². The fourth-order valence-electron chi connectivity index (χ4n) is 2.69. The summed E-state index contributed by atoms with van der Waals surface area (Å²) in [6, 6.07) is 0. The molecule has 0 N–H and O–H groups in total. The molecule has 0 heterocycles. The van der Waals surface area contributed by atoms with Crippen LogP contribution in [0.4, 0.5) is 13.2 Å². The van der Waals surface area contributed by atoms with Crippen LogP contribution in [-0.4, -0.2) is 30.5 Å². The van der Waals surface area contributed by atoms with Gasteiger partial charge in [-0.25, -0.2) is 4.79 Å². The van der Waals surface area contributed by atoms with Crippen molar-refractivity contribution < 1.29 is 27.4 Å². The molecule has 1 fully saturated rings. The van der Waals surface area contributed by atoms with Crippen LogP contribution in [0, 0.1) is 11.3 Å². The number of carbonyl (C=O) groups excluding carboxylic acids is 1. The van der Waals surface area contributed by atoms with Crippen LogP contribution in [0.1, 0.15) is 60.3 Å². The van der Waals surface area contributed by atoms with Crippen molar-refractivity contribution in [1.82, 2.24) is 0 Å². The van der Waals surface area contributed by atoms with Crippen molar-refractivity contribution in [2.75, 3.05) is 6.61 Å². The van der Waals surface area contributed by atoms with E-state index in [9.17, 15) is 18.0 Å². The van der Waals surface area contributed by atoms with Crippen molar-refractivity contribution in [3.8, 4) is 0 Å². The maximum absolute atomic E-state index is 13.0. The second-order valence-corrected chi connectivity index (χ2v) is 7.93. The number of rotatable bonds is 6. The Morgan fingerprint density at radius 3 is 2.00 bits per heavy atom. The molecule has 24 heavy (non-hydrogen) atoms. The van der Waals surface area contributed by atoms with Crippen LogP contribution in [0.5, 0.6) is 0 Å². The van der Waals surface area contributed by atoms with Crippen molar-refractivity contribution in [2.24, 2.45) is 11.3 Å². The predicted molar refractivity (Wildman–Crippen MR) is 86.5 cm³/mol. The van der Waals surface area contributed by atoms with Crippen LogP contribution in [0.15, 0.2) is 12.2 Å². The second-order valence-electron chi connectivity index (χ2n) is 7.93. The monoisotopic (exact) mass is 350 g/mol. The summed E-state index contributed by atoms with van der Waals surface area (Å²) in [7, 11) is 0. The molecule has 1 aliphatic rings. The van der Waals surface area contributed by atoms with E-state index in [0.29, 0.717) is 18.4 Å². The second kappa shape index (κ2) is 7.46. The first-order valence-corrected chi connectivity index (χ1v) is 8.33. The van der Waals surface area contributed by atoms with Crippen molar-refractivity contribution >= 4 is 5.97 Å². The van der Waals surface area contributed by atoms with Gasteiger partial charge in [-0.05, 0) is 66.2 Å². The number of alkyl halides is 3. The van der Waals surface area contributed by atoms with Crippen LogP contribution >= 0.6 is 0 Å². The predicted octanol–water partition coefficient (Wildman–Crippen LogP) is 5.05. The molecule has 0 spiro atoms. The molecule has 0 aromatic rings. The van der Waals surface area contributed by atoms with E-state index in [1.165, 1.54) is 0 Å². The molecule has 0 bridgehead atoms. The van der Waals surface area contributed by atoms with E-state index < -0.39 is 17.2 Å². The van der Waals surface area contributed by atoms with Gasteiger partial charge >= 0.3 is 12.1 Å². The molecule has 6 heteroatoms. The Hall–Kier alpha value is -1.04. The third-order valence-corrected chi connectivity index (χ3v) is 4.85. The highest BCUT2D eigenvalue weighted by atomic mass is 19.4. The highest BCUT2D eigenvalue weighted by molar-refractivity contribution is 5.87. The van der Waals surface area contributed by atoms with Gasteiger partial charge < -0.3 is 9.47 Å². The molecular formula is C18H29F3O3. The molecule has 0 radical (unpaired) electrons. The number of hydrogen-bond donors (Lipinski definition) is 0. The minimum Gasteiger partial charge on any atom is -0.459 e. The largest absolute Gasteiger partial charge is 0.459 e. The van der Waals surface area contributed by atoms with Gasteiger partial charge in [0.25, 0.3) is 0 Å². The minimum absolute atomic E-state index is 0.140. The molecule has 0 unspecified atom stereocenters. The van der Waals surface area contributed by atoms with E-state index in [2.05, 4.69) is 6.58 Å². The topological polar surface area (TPSA) is 35.5 Å². The lowest BCUT2D eigenvalue weighted by Gasteiger charge is -2.41. The summed E-state index contributed by atoms with van der Waals surface area (Å²) in [5.74, 6) is -0.248. The van der Waals surface area contributed by atoms with Gasteiger partial charge in [0.15, 0.2) is 0 Å². The Morgan fingerprint density at radius 2 is 1.58 bits per heavy atom. The third kappa shape index (κ3) is 5.50. The molecule has 0 aliphatic heterocycles. The Labute approximate surface area is 142 Å². The third-order valence-electron chi connectivity index (χ3n) is 4.85. The zero-order valence-electron chi connectivity index (χ0n) is 15.3. The van der Waals surface area contributed by atoms with E-state index in [-0.39, 0.29) is 24.6 Å². The zero-order chi connectivity index (χ0) is 18.8. The van der Waals surface area contributed by atoms with E-state index in [4.69, 9.17) is 9.47 Å². The molecule has 1 rings (SSSR count). The first-order valence-electron chi connectivity index (χ1n) is 8.33. The summed E-state index contributed by atoms with van der Waals surface area (Å²) < 4.78 is 49.9. The van der Waals surface area contributed by atoms with Crippen LogP contribution in [-0.2, 0) is 14.3 Å². The summed E-state index contributed by atoms with van der Waals surface area (Å²) in [5.41, 5.74) is -2.15. The fraction of sp³-hybridized carbons (Fsp3) is 0.833. The van der Waals surface area contributed by atoms with Crippen LogP contribution in [0.2, 0.25) is 0 Å². The minimum atomic E-state index is -4.29. The standard InChI is InChI=1S/C18H29F3O3/c1-12(2)15(22)24-14-9-7-13(8-10-14)17(5,6)23-11-16(3,4)18(19,20)21/h13-14H,1,7-11H2,2-6H3.